The van der Waals surface area contributed by atoms with E-state index < -0.39 is 0 Å². The third kappa shape index (κ3) is 5.41. The van der Waals surface area contributed by atoms with Gasteiger partial charge in [-0.15, -0.1) is 0 Å². The highest BCUT2D eigenvalue weighted by Gasteiger charge is 2.18. The van der Waals surface area contributed by atoms with Gasteiger partial charge in [0.2, 0.25) is 0 Å². The Morgan fingerprint density at radius 2 is 1.83 bits per heavy atom. The zero-order valence-electron chi connectivity index (χ0n) is 17.8. The SMILES string of the molecule is Cc1ccc(NCCCN2CCN(c3ccccc3N)CC2)c(C(=O)N(C)C)c1. The second-order valence-corrected chi connectivity index (χ2v) is 7.92. The Labute approximate surface area is 174 Å². The van der Waals surface area contributed by atoms with Crippen molar-refractivity contribution in [2.45, 2.75) is 13.3 Å². The van der Waals surface area contributed by atoms with Crippen LogP contribution in [-0.4, -0.2) is 69.1 Å². The molecular formula is C23H33N5O. The molecule has 6 nitrogen and oxygen atoms in total. The van der Waals surface area contributed by atoms with Crippen LogP contribution < -0.4 is 16.0 Å². The molecule has 0 radical (unpaired) electrons. The van der Waals surface area contributed by atoms with Crippen molar-refractivity contribution in [1.29, 1.82) is 0 Å². The smallest absolute Gasteiger partial charge is 0.255 e. The van der Waals surface area contributed by atoms with Crippen molar-refractivity contribution in [2.24, 2.45) is 0 Å². The molecule has 0 saturated carbocycles. The van der Waals surface area contributed by atoms with Crippen LogP contribution in [0.15, 0.2) is 42.5 Å². The molecule has 29 heavy (non-hydrogen) atoms. The molecule has 2 aromatic carbocycles. The lowest BCUT2D eigenvalue weighted by atomic mass is 10.1. The minimum atomic E-state index is 0.0347. The Bertz CT molecular complexity index is 828. The molecule has 156 valence electrons. The first-order valence-electron chi connectivity index (χ1n) is 10.3. The molecule has 1 fully saturated rings. The highest BCUT2D eigenvalue weighted by molar-refractivity contribution is 5.99. The van der Waals surface area contributed by atoms with Gasteiger partial charge in [-0.25, -0.2) is 0 Å². The number of aryl methyl sites for hydroxylation is 1. The van der Waals surface area contributed by atoms with E-state index in [1.807, 2.05) is 43.3 Å². The van der Waals surface area contributed by atoms with Crippen LogP contribution >= 0.6 is 0 Å². The molecule has 1 heterocycles. The number of amides is 1. The number of anilines is 3. The number of carbonyl (C=O) groups is 1. The van der Waals surface area contributed by atoms with Crippen LogP contribution in [-0.2, 0) is 0 Å². The highest BCUT2D eigenvalue weighted by Crippen LogP contribution is 2.23. The van der Waals surface area contributed by atoms with Crippen LogP contribution in [0.4, 0.5) is 17.1 Å². The number of piperazine rings is 1. The number of nitrogens with zero attached hydrogens (tertiary/aromatic N) is 3. The maximum absolute atomic E-state index is 12.4. The van der Waals surface area contributed by atoms with Gasteiger partial charge in [0, 0.05) is 52.5 Å². The summed E-state index contributed by atoms with van der Waals surface area (Å²) < 4.78 is 0. The maximum Gasteiger partial charge on any atom is 0.255 e. The van der Waals surface area contributed by atoms with E-state index in [1.165, 1.54) is 0 Å². The van der Waals surface area contributed by atoms with E-state index in [1.54, 1.807) is 19.0 Å². The fraction of sp³-hybridized carbons (Fsp3) is 0.435. The second-order valence-electron chi connectivity index (χ2n) is 7.92. The predicted octanol–water partition coefficient (Wildman–Crippen LogP) is 2.90. The Hall–Kier alpha value is -2.73. The zero-order chi connectivity index (χ0) is 20.8. The molecule has 6 heteroatoms. The third-order valence-corrected chi connectivity index (χ3v) is 5.43. The molecule has 3 rings (SSSR count). The normalized spacial score (nSPS) is 14.7. The van der Waals surface area contributed by atoms with Crippen LogP contribution in [0.1, 0.15) is 22.3 Å². The number of nitrogens with one attached hydrogen (secondary N) is 1. The molecule has 2 aromatic rings. The fourth-order valence-electron chi connectivity index (χ4n) is 3.74. The van der Waals surface area contributed by atoms with E-state index in [2.05, 4.69) is 21.2 Å². The van der Waals surface area contributed by atoms with Crippen molar-refractivity contribution in [3.8, 4) is 0 Å². The summed E-state index contributed by atoms with van der Waals surface area (Å²) in [5.41, 5.74) is 10.9. The average Bonchev–Trinajstić information content (AvgIpc) is 2.72. The summed E-state index contributed by atoms with van der Waals surface area (Å²) >= 11 is 0. The Balaban J connectivity index is 1.45. The minimum absolute atomic E-state index is 0.0347. The lowest BCUT2D eigenvalue weighted by Crippen LogP contribution is -2.47. The third-order valence-electron chi connectivity index (χ3n) is 5.43. The van der Waals surface area contributed by atoms with E-state index >= 15 is 0 Å². The highest BCUT2D eigenvalue weighted by atomic mass is 16.2. The molecule has 0 atom stereocenters. The van der Waals surface area contributed by atoms with Gasteiger partial charge in [-0.05, 0) is 44.2 Å². The van der Waals surface area contributed by atoms with Gasteiger partial charge in [0.25, 0.3) is 5.91 Å². The van der Waals surface area contributed by atoms with E-state index in [9.17, 15) is 4.79 Å². The molecular weight excluding hydrogens is 362 g/mol. The first-order chi connectivity index (χ1) is 14.0. The predicted molar refractivity (Wildman–Crippen MR) is 122 cm³/mol. The number of carbonyl (C=O) groups excluding carboxylic acids is 1. The van der Waals surface area contributed by atoms with Crippen molar-refractivity contribution >= 4 is 23.0 Å². The minimum Gasteiger partial charge on any atom is -0.397 e. The van der Waals surface area contributed by atoms with Crippen LogP contribution in [0.5, 0.6) is 0 Å². The molecule has 0 aliphatic carbocycles. The van der Waals surface area contributed by atoms with Gasteiger partial charge in [-0.3, -0.25) is 9.69 Å². The molecule has 1 amide bonds. The maximum atomic E-state index is 12.4. The summed E-state index contributed by atoms with van der Waals surface area (Å²) in [5, 5.41) is 3.46. The van der Waals surface area contributed by atoms with Gasteiger partial charge in [-0.1, -0.05) is 23.8 Å². The van der Waals surface area contributed by atoms with Crippen LogP contribution in [0.3, 0.4) is 0 Å². The number of hydrogen-bond acceptors (Lipinski definition) is 5. The quantitative estimate of drug-likeness (QED) is 0.557. The van der Waals surface area contributed by atoms with Crippen molar-refractivity contribution in [2.75, 3.05) is 69.3 Å². The van der Waals surface area contributed by atoms with E-state index in [4.69, 9.17) is 5.73 Å². The number of rotatable bonds is 7. The lowest BCUT2D eigenvalue weighted by Gasteiger charge is -2.36. The van der Waals surface area contributed by atoms with Gasteiger partial charge < -0.3 is 20.9 Å². The van der Waals surface area contributed by atoms with Crippen molar-refractivity contribution in [3.63, 3.8) is 0 Å². The zero-order valence-corrected chi connectivity index (χ0v) is 17.8. The van der Waals surface area contributed by atoms with E-state index in [0.29, 0.717) is 0 Å². The van der Waals surface area contributed by atoms with E-state index in [-0.39, 0.29) is 5.91 Å². The number of para-hydroxylation sites is 2. The van der Waals surface area contributed by atoms with Crippen molar-refractivity contribution in [1.82, 2.24) is 9.80 Å². The van der Waals surface area contributed by atoms with Gasteiger partial charge >= 0.3 is 0 Å². The molecule has 3 N–H and O–H groups in total. The lowest BCUT2D eigenvalue weighted by molar-refractivity contribution is 0.0828. The number of hydrogen-bond donors (Lipinski definition) is 2. The summed E-state index contributed by atoms with van der Waals surface area (Å²) in [6.45, 7) is 8.00. The van der Waals surface area contributed by atoms with Crippen LogP contribution in [0, 0.1) is 6.92 Å². The molecule has 0 bridgehead atoms. The topological polar surface area (TPSA) is 64.8 Å². The Kier molecular flexibility index (Phi) is 6.99. The molecule has 0 unspecified atom stereocenters. The van der Waals surface area contributed by atoms with Gasteiger partial charge in [0.15, 0.2) is 0 Å². The molecule has 1 aliphatic heterocycles. The van der Waals surface area contributed by atoms with Crippen molar-refractivity contribution in [3.05, 3.63) is 53.6 Å². The Morgan fingerprint density at radius 3 is 2.52 bits per heavy atom. The van der Waals surface area contributed by atoms with Gasteiger partial charge in [-0.2, -0.15) is 0 Å². The number of nitrogens with two attached hydrogens (primary N) is 1. The van der Waals surface area contributed by atoms with E-state index in [0.717, 1.165) is 73.9 Å². The first-order valence-corrected chi connectivity index (χ1v) is 10.3. The fourth-order valence-corrected chi connectivity index (χ4v) is 3.74. The molecule has 1 aliphatic rings. The summed E-state index contributed by atoms with van der Waals surface area (Å²) in [6.07, 6.45) is 1.04. The standard InChI is InChI=1S/C23H33N5O/c1-18-9-10-21(19(17-18)23(29)26(2)3)25-11-6-12-27-13-15-28(16-14-27)22-8-5-4-7-20(22)24/h4-5,7-10,17,25H,6,11-16,24H2,1-3H3. The molecule has 0 spiro atoms. The van der Waals surface area contributed by atoms with Gasteiger partial charge in [0.1, 0.15) is 0 Å². The summed E-state index contributed by atoms with van der Waals surface area (Å²) in [4.78, 5) is 18.9. The van der Waals surface area contributed by atoms with Crippen LogP contribution in [0.2, 0.25) is 0 Å². The van der Waals surface area contributed by atoms with Crippen LogP contribution in [0.25, 0.3) is 0 Å². The number of nitrogen functional groups attached to an aromatic ring is 1. The monoisotopic (exact) mass is 395 g/mol. The van der Waals surface area contributed by atoms with Gasteiger partial charge in [0.05, 0.1) is 16.9 Å². The molecule has 0 aromatic heterocycles. The average molecular weight is 396 g/mol. The summed E-state index contributed by atoms with van der Waals surface area (Å²) in [5.74, 6) is 0.0347. The number of benzene rings is 2. The summed E-state index contributed by atoms with van der Waals surface area (Å²) in [7, 11) is 3.58. The molecule has 1 saturated heterocycles. The first kappa shape index (κ1) is 21.0. The van der Waals surface area contributed by atoms with Crippen molar-refractivity contribution < 1.29 is 4.79 Å². The summed E-state index contributed by atoms with van der Waals surface area (Å²) in [6, 6.07) is 14.1. The Morgan fingerprint density at radius 1 is 1.10 bits per heavy atom. The second kappa shape index (κ2) is 9.65. The largest absolute Gasteiger partial charge is 0.397 e.